The third-order valence-corrected chi connectivity index (χ3v) is 1.89. The van der Waals surface area contributed by atoms with Crippen molar-refractivity contribution < 1.29 is 4.79 Å². The monoisotopic (exact) mass is 239 g/mol. The number of nitrogens with zero attached hydrogens (tertiary/aromatic N) is 2. The maximum absolute atomic E-state index is 11.5. The molecule has 0 radical (unpaired) electrons. The summed E-state index contributed by atoms with van der Waals surface area (Å²) in [4.78, 5) is 34.4. The second kappa shape index (κ2) is 4.15. The Morgan fingerprint density at radius 3 is 2.94 bits per heavy atom. The van der Waals surface area contributed by atoms with Crippen LogP contribution in [0.25, 0.3) is 0 Å². The molecule has 3 N–H and O–H groups in total. The molecule has 0 saturated heterocycles. The number of hydrogen-bond acceptors (Lipinski definition) is 4. The molecule has 2 aromatic rings. The first kappa shape index (κ1) is 10.4. The molecule has 0 spiro atoms. The van der Waals surface area contributed by atoms with Crippen molar-refractivity contribution in [3.05, 3.63) is 39.9 Å². The summed E-state index contributed by atoms with van der Waals surface area (Å²) in [7, 11) is 0. The van der Waals surface area contributed by atoms with Gasteiger partial charge < -0.3 is 15.3 Å². The number of nitrogens with one attached hydrogen (secondary N) is 3. The molecule has 0 saturated carbocycles. The van der Waals surface area contributed by atoms with Crippen LogP contribution in [0.15, 0.2) is 23.3 Å². The van der Waals surface area contributed by atoms with E-state index in [1.807, 2.05) is 0 Å². The molecule has 2 rings (SSSR count). The van der Waals surface area contributed by atoms with Crippen molar-refractivity contribution in [1.82, 2.24) is 19.9 Å². The van der Waals surface area contributed by atoms with Crippen LogP contribution in [-0.4, -0.2) is 25.8 Å². The van der Waals surface area contributed by atoms with Crippen molar-refractivity contribution in [2.45, 2.75) is 0 Å². The summed E-state index contributed by atoms with van der Waals surface area (Å²) in [5.41, 5.74) is -0.342. The highest BCUT2D eigenvalue weighted by Crippen LogP contribution is 2.06. The second-order valence-electron chi connectivity index (χ2n) is 2.82. The Balaban J connectivity index is 2.16. The Morgan fingerprint density at radius 1 is 1.50 bits per heavy atom. The van der Waals surface area contributed by atoms with Gasteiger partial charge in [0.1, 0.15) is 11.5 Å². The molecule has 0 aliphatic rings. The van der Waals surface area contributed by atoms with E-state index in [-0.39, 0.29) is 16.8 Å². The van der Waals surface area contributed by atoms with Crippen LogP contribution in [-0.2, 0) is 0 Å². The molecular formula is C8H6ClN5O2. The lowest BCUT2D eigenvalue weighted by Gasteiger charge is -2.01. The van der Waals surface area contributed by atoms with Gasteiger partial charge in [-0.1, -0.05) is 0 Å². The van der Waals surface area contributed by atoms with Gasteiger partial charge in [0.05, 0.1) is 0 Å². The molecular weight excluding hydrogens is 234 g/mol. The maximum Gasteiger partial charge on any atom is 0.323 e. The van der Waals surface area contributed by atoms with Gasteiger partial charge in [0.25, 0.3) is 5.91 Å². The lowest BCUT2D eigenvalue weighted by Crippen LogP contribution is -2.15. The van der Waals surface area contributed by atoms with Crippen molar-refractivity contribution in [2.24, 2.45) is 0 Å². The van der Waals surface area contributed by atoms with Gasteiger partial charge in [-0.15, -0.1) is 0 Å². The largest absolute Gasteiger partial charge is 0.323 e. The number of rotatable bonds is 2. The van der Waals surface area contributed by atoms with Crippen LogP contribution in [0, 0.1) is 0 Å². The third kappa shape index (κ3) is 2.26. The average Bonchev–Trinajstić information content (AvgIpc) is 2.65. The highest BCUT2D eigenvalue weighted by molar-refractivity contribution is 6.28. The SMILES string of the molecule is O=C(Nc1ccnc(Cl)n1)c1c[nH]c(=O)[nH]1. The topological polar surface area (TPSA) is 104 Å². The van der Waals surface area contributed by atoms with Crippen molar-refractivity contribution in [3.63, 3.8) is 0 Å². The van der Waals surface area contributed by atoms with Crippen LogP contribution in [0.5, 0.6) is 0 Å². The number of imidazole rings is 1. The molecule has 8 heteroatoms. The first-order valence-electron chi connectivity index (χ1n) is 4.23. The van der Waals surface area contributed by atoms with Crippen LogP contribution >= 0.6 is 11.6 Å². The Bertz CT molecular complexity index is 576. The minimum absolute atomic E-state index is 0.0281. The van der Waals surface area contributed by atoms with E-state index < -0.39 is 11.6 Å². The summed E-state index contributed by atoms with van der Waals surface area (Å²) in [6.07, 6.45) is 2.67. The first-order valence-corrected chi connectivity index (χ1v) is 4.60. The summed E-state index contributed by atoms with van der Waals surface area (Å²) >= 11 is 5.54. The van der Waals surface area contributed by atoms with E-state index in [9.17, 15) is 9.59 Å². The van der Waals surface area contributed by atoms with E-state index in [0.717, 1.165) is 0 Å². The quantitative estimate of drug-likeness (QED) is 0.660. The summed E-state index contributed by atoms with van der Waals surface area (Å²) in [6.45, 7) is 0. The van der Waals surface area contributed by atoms with Crippen molar-refractivity contribution in [1.29, 1.82) is 0 Å². The van der Waals surface area contributed by atoms with Gasteiger partial charge in [-0.05, 0) is 17.7 Å². The molecule has 1 amide bonds. The average molecular weight is 240 g/mol. The summed E-state index contributed by atoms with van der Waals surface area (Å²) in [5, 5.41) is 2.48. The van der Waals surface area contributed by atoms with Crippen molar-refractivity contribution in [2.75, 3.05) is 5.32 Å². The van der Waals surface area contributed by atoms with Gasteiger partial charge in [-0.3, -0.25) is 4.79 Å². The zero-order valence-corrected chi connectivity index (χ0v) is 8.58. The summed E-state index contributed by atoms with van der Waals surface area (Å²) in [5.74, 6) is -0.236. The minimum Gasteiger partial charge on any atom is -0.312 e. The fourth-order valence-corrected chi connectivity index (χ4v) is 1.19. The van der Waals surface area contributed by atoms with Crippen molar-refractivity contribution >= 4 is 23.3 Å². The Morgan fingerprint density at radius 2 is 2.31 bits per heavy atom. The Labute approximate surface area is 93.9 Å². The minimum atomic E-state index is -0.492. The van der Waals surface area contributed by atoms with Gasteiger partial charge in [-0.25, -0.2) is 14.8 Å². The first-order chi connectivity index (χ1) is 7.65. The van der Waals surface area contributed by atoms with E-state index >= 15 is 0 Å². The third-order valence-electron chi connectivity index (χ3n) is 1.71. The molecule has 82 valence electrons. The molecule has 2 heterocycles. The van der Waals surface area contributed by atoms with E-state index in [2.05, 4.69) is 25.3 Å². The van der Waals surface area contributed by atoms with Crippen LogP contribution in [0.4, 0.5) is 5.82 Å². The van der Waals surface area contributed by atoms with Gasteiger partial charge in [0, 0.05) is 12.4 Å². The molecule has 0 aliphatic carbocycles. The predicted molar refractivity (Wildman–Crippen MR) is 56.4 cm³/mol. The second-order valence-corrected chi connectivity index (χ2v) is 3.16. The number of aromatic amines is 2. The number of H-pyrrole nitrogens is 2. The number of halogens is 1. The predicted octanol–water partition coefficient (Wildman–Crippen LogP) is 0.399. The molecule has 0 fully saturated rings. The number of amides is 1. The van der Waals surface area contributed by atoms with Gasteiger partial charge >= 0.3 is 5.69 Å². The number of anilines is 1. The van der Waals surface area contributed by atoms with Crippen LogP contribution in [0.1, 0.15) is 10.5 Å². The molecule has 0 aliphatic heterocycles. The lowest BCUT2D eigenvalue weighted by atomic mass is 10.4. The Hall–Kier alpha value is -2.15. The number of aromatic nitrogens is 4. The molecule has 0 aromatic carbocycles. The standard InChI is InChI=1S/C8H6ClN5O2/c9-7-10-2-1-5(14-7)13-6(15)4-3-11-8(16)12-4/h1-3H,(H2,11,12,16)(H,10,13,14,15). The van der Waals surface area contributed by atoms with Crippen molar-refractivity contribution in [3.8, 4) is 0 Å². The normalized spacial score (nSPS) is 10.1. The van der Waals surface area contributed by atoms with E-state index in [1.54, 1.807) is 0 Å². The zero-order valence-electron chi connectivity index (χ0n) is 7.82. The molecule has 7 nitrogen and oxygen atoms in total. The molecule has 2 aromatic heterocycles. The fraction of sp³-hybridized carbons (Fsp3) is 0. The lowest BCUT2D eigenvalue weighted by molar-refractivity contribution is 0.102. The number of hydrogen-bond donors (Lipinski definition) is 3. The highest BCUT2D eigenvalue weighted by Gasteiger charge is 2.08. The highest BCUT2D eigenvalue weighted by atomic mass is 35.5. The Kier molecular flexibility index (Phi) is 2.69. The van der Waals surface area contributed by atoms with Crippen LogP contribution in [0.3, 0.4) is 0 Å². The maximum atomic E-state index is 11.5. The summed E-state index contributed by atoms with van der Waals surface area (Å²) < 4.78 is 0. The van der Waals surface area contributed by atoms with Gasteiger partial charge in [-0.2, -0.15) is 0 Å². The molecule has 16 heavy (non-hydrogen) atoms. The number of carbonyl (C=O) groups is 1. The zero-order chi connectivity index (χ0) is 11.5. The summed E-state index contributed by atoms with van der Waals surface area (Å²) in [6, 6.07) is 1.48. The van der Waals surface area contributed by atoms with Gasteiger partial charge in [0.2, 0.25) is 5.28 Å². The van der Waals surface area contributed by atoms with E-state index in [4.69, 9.17) is 11.6 Å². The molecule has 0 bridgehead atoms. The molecule has 0 atom stereocenters. The van der Waals surface area contributed by atoms with E-state index in [0.29, 0.717) is 0 Å². The fourth-order valence-electron chi connectivity index (χ4n) is 1.04. The van der Waals surface area contributed by atoms with Gasteiger partial charge in [0.15, 0.2) is 0 Å². The van der Waals surface area contributed by atoms with E-state index in [1.165, 1.54) is 18.5 Å². The molecule has 0 unspecified atom stereocenters. The van der Waals surface area contributed by atoms with Crippen LogP contribution < -0.4 is 11.0 Å². The van der Waals surface area contributed by atoms with Crippen LogP contribution in [0.2, 0.25) is 5.28 Å². The number of carbonyl (C=O) groups excluding carboxylic acids is 1. The smallest absolute Gasteiger partial charge is 0.312 e.